The maximum atomic E-state index is 5.72. The molecule has 0 aliphatic carbocycles. The highest BCUT2D eigenvalue weighted by Gasteiger charge is 2.12. The zero-order chi connectivity index (χ0) is 11.6. The molecule has 0 aromatic carbocycles. The van der Waals surface area contributed by atoms with E-state index in [0.29, 0.717) is 0 Å². The molecular weight excluding hydrogens is 333 g/mol. The molecule has 0 fully saturated rings. The van der Waals surface area contributed by atoms with Crippen molar-refractivity contribution < 1.29 is 28.5 Å². The highest BCUT2D eigenvalue weighted by molar-refractivity contribution is 6.17. The molecule has 1 nitrogen and oxygen atoms in total. The molecule has 0 bridgehead atoms. The molecule has 3 heteroatoms. The summed E-state index contributed by atoms with van der Waals surface area (Å²) in [5.74, 6) is 0.804. The third-order valence-corrected chi connectivity index (χ3v) is 3.28. The van der Waals surface area contributed by atoms with Gasteiger partial charge in [-0.1, -0.05) is 32.6 Å². The number of quaternary nitrogens is 1. The van der Waals surface area contributed by atoms with E-state index in [4.69, 9.17) is 11.6 Å². The van der Waals surface area contributed by atoms with Crippen LogP contribution in [0.5, 0.6) is 0 Å². The van der Waals surface area contributed by atoms with E-state index in [1.807, 2.05) is 0 Å². The van der Waals surface area contributed by atoms with Crippen molar-refractivity contribution in [3.63, 3.8) is 0 Å². The van der Waals surface area contributed by atoms with Gasteiger partial charge < -0.3 is 28.5 Å². The molecule has 0 aromatic rings. The Morgan fingerprint density at radius 2 is 1.31 bits per heavy atom. The van der Waals surface area contributed by atoms with E-state index >= 15 is 0 Å². The lowest BCUT2D eigenvalue weighted by Crippen LogP contribution is -3.00. The van der Waals surface area contributed by atoms with Gasteiger partial charge in [-0.3, -0.25) is 0 Å². The predicted octanol–water partition coefficient (Wildman–Crippen LogP) is 1.06. The number of halogens is 2. The summed E-state index contributed by atoms with van der Waals surface area (Å²) >= 11 is 5.72. The molecule has 0 radical (unpaired) electrons. The van der Waals surface area contributed by atoms with Gasteiger partial charge in [-0.15, -0.1) is 11.6 Å². The zero-order valence-electron chi connectivity index (χ0n) is 11.3. The van der Waals surface area contributed by atoms with Crippen LogP contribution in [0, 0.1) is 0 Å². The van der Waals surface area contributed by atoms with Gasteiger partial charge in [-0.25, -0.2) is 0 Å². The standard InChI is InChI=1S/C13H29ClN.HI/c1-4-5-6-7-8-9-12-15(2,3)13-10-11-14;/h4-13H2,1-3H3;1H/q+1;/p-1. The molecule has 0 atom stereocenters. The van der Waals surface area contributed by atoms with E-state index in [1.54, 1.807) is 0 Å². The maximum absolute atomic E-state index is 5.72. The van der Waals surface area contributed by atoms with Gasteiger partial charge in [-0.2, -0.15) is 0 Å². The summed E-state index contributed by atoms with van der Waals surface area (Å²) in [4.78, 5) is 0. The Hall–Kier alpha value is 0.980. The molecule has 100 valence electrons. The Bertz CT molecular complexity index is 140. The number of nitrogens with zero attached hydrogens (tertiary/aromatic N) is 1. The van der Waals surface area contributed by atoms with Crippen LogP contribution in [0.1, 0.15) is 51.9 Å². The molecule has 0 spiro atoms. The van der Waals surface area contributed by atoms with E-state index in [-0.39, 0.29) is 24.0 Å². The van der Waals surface area contributed by atoms with Crippen LogP contribution in [0.4, 0.5) is 0 Å². The Kier molecular flexibility index (Phi) is 15.0. The average molecular weight is 362 g/mol. The summed E-state index contributed by atoms with van der Waals surface area (Å²) in [6, 6.07) is 0. The minimum atomic E-state index is 0. The molecule has 0 aliphatic rings. The highest BCUT2D eigenvalue weighted by Crippen LogP contribution is 2.08. The van der Waals surface area contributed by atoms with Gasteiger partial charge in [0.25, 0.3) is 0 Å². The van der Waals surface area contributed by atoms with Crippen LogP contribution in [-0.4, -0.2) is 37.5 Å². The number of rotatable bonds is 10. The maximum Gasteiger partial charge on any atom is 0.0794 e. The quantitative estimate of drug-likeness (QED) is 0.236. The Morgan fingerprint density at radius 3 is 1.88 bits per heavy atom. The highest BCUT2D eigenvalue weighted by atomic mass is 127. The molecular formula is C13H29ClIN. The predicted molar refractivity (Wildman–Crippen MR) is 70.6 cm³/mol. The smallest absolute Gasteiger partial charge is 0.0794 e. The van der Waals surface area contributed by atoms with Gasteiger partial charge in [0.2, 0.25) is 0 Å². The second-order valence-corrected chi connectivity index (χ2v) is 5.57. The van der Waals surface area contributed by atoms with E-state index in [9.17, 15) is 0 Å². The minimum absolute atomic E-state index is 0. The SMILES string of the molecule is CCCCCCCC[N+](C)(C)CCCCl.[I-]. The van der Waals surface area contributed by atoms with Crippen molar-refractivity contribution in [2.75, 3.05) is 33.1 Å². The van der Waals surface area contributed by atoms with Gasteiger partial charge in [0.1, 0.15) is 0 Å². The summed E-state index contributed by atoms with van der Waals surface area (Å²) in [7, 11) is 4.64. The van der Waals surface area contributed by atoms with Crippen molar-refractivity contribution in [3.8, 4) is 0 Å². The summed E-state index contributed by atoms with van der Waals surface area (Å²) in [5.41, 5.74) is 0. The Balaban J connectivity index is 0. The summed E-state index contributed by atoms with van der Waals surface area (Å²) < 4.78 is 1.14. The fourth-order valence-corrected chi connectivity index (χ4v) is 2.04. The zero-order valence-corrected chi connectivity index (χ0v) is 14.2. The lowest BCUT2D eigenvalue weighted by molar-refractivity contribution is -0.890. The summed E-state index contributed by atoms with van der Waals surface area (Å²) in [6.07, 6.45) is 9.52. The molecule has 0 rings (SSSR count). The topological polar surface area (TPSA) is 0 Å². The monoisotopic (exact) mass is 361 g/mol. The fraction of sp³-hybridized carbons (Fsp3) is 1.00. The second kappa shape index (κ2) is 12.4. The number of alkyl halides is 1. The van der Waals surface area contributed by atoms with Gasteiger partial charge in [0.05, 0.1) is 27.2 Å². The molecule has 0 saturated carbocycles. The van der Waals surface area contributed by atoms with E-state index < -0.39 is 0 Å². The van der Waals surface area contributed by atoms with Gasteiger partial charge in [-0.05, 0) is 12.8 Å². The van der Waals surface area contributed by atoms with Crippen molar-refractivity contribution in [2.24, 2.45) is 0 Å². The second-order valence-electron chi connectivity index (χ2n) is 5.19. The van der Waals surface area contributed by atoms with Crippen LogP contribution in [0.2, 0.25) is 0 Å². The summed E-state index contributed by atoms with van der Waals surface area (Å²) in [5, 5.41) is 0. The molecule has 0 aromatic heterocycles. The van der Waals surface area contributed by atoms with Crippen LogP contribution in [0.25, 0.3) is 0 Å². The van der Waals surface area contributed by atoms with Crippen molar-refractivity contribution in [2.45, 2.75) is 51.9 Å². The summed E-state index contributed by atoms with van der Waals surface area (Å²) in [6.45, 7) is 4.80. The molecule has 0 N–H and O–H groups in total. The van der Waals surface area contributed by atoms with Gasteiger partial charge >= 0.3 is 0 Å². The number of hydrogen-bond donors (Lipinski definition) is 0. The molecule has 0 unspecified atom stereocenters. The average Bonchev–Trinajstić information content (AvgIpc) is 2.20. The minimum Gasteiger partial charge on any atom is -1.00 e. The first kappa shape index (κ1) is 19.3. The van der Waals surface area contributed by atoms with Crippen LogP contribution < -0.4 is 24.0 Å². The van der Waals surface area contributed by atoms with Crippen LogP contribution in [0.15, 0.2) is 0 Å². The first-order chi connectivity index (χ1) is 7.12. The normalized spacial score (nSPS) is 11.2. The van der Waals surface area contributed by atoms with Crippen molar-refractivity contribution in [1.82, 2.24) is 0 Å². The van der Waals surface area contributed by atoms with E-state index in [1.165, 1.54) is 51.6 Å². The first-order valence-corrected chi connectivity index (χ1v) is 7.04. The van der Waals surface area contributed by atoms with Crippen molar-refractivity contribution >= 4 is 11.6 Å². The van der Waals surface area contributed by atoms with Crippen LogP contribution in [-0.2, 0) is 0 Å². The molecule has 16 heavy (non-hydrogen) atoms. The molecule has 0 aliphatic heterocycles. The van der Waals surface area contributed by atoms with Gasteiger partial charge in [0.15, 0.2) is 0 Å². The Labute approximate surface area is 125 Å². The third-order valence-electron chi connectivity index (χ3n) is 3.01. The van der Waals surface area contributed by atoms with Gasteiger partial charge in [0, 0.05) is 12.3 Å². The molecule has 0 amide bonds. The van der Waals surface area contributed by atoms with Crippen molar-refractivity contribution in [1.29, 1.82) is 0 Å². The lowest BCUT2D eigenvalue weighted by Gasteiger charge is -2.29. The molecule has 0 saturated heterocycles. The van der Waals surface area contributed by atoms with E-state index in [0.717, 1.165) is 16.8 Å². The Morgan fingerprint density at radius 1 is 0.812 bits per heavy atom. The third kappa shape index (κ3) is 13.0. The van der Waals surface area contributed by atoms with Crippen LogP contribution >= 0.6 is 11.6 Å². The van der Waals surface area contributed by atoms with E-state index in [2.05, 4.69) is 21.0 Å². The number of hydrogen-bond acceptors (Lipinski definition) is 0. The largest absolute Gasteiger partial charge is 1.00 e. The van der Waals surface area contributed by atoms with Crippen molar-refractivity contribution in [3.05, 3.63) is 0 Å². The fourth-order valence-electron chi connectivity index (χ4n) is 1.92. The number of unbranched alkanes of at least 4 members (excludes halogenated alkanes) is 5. The molecule has 0 heterocycles. The first-order valence-electron chi connectivity index (χ1n) is 6.50. The lowest BCUT2D eigenvalue weighted by atomic mass is 10.1. The van der Waals surface area contributed by atoms with Crippen LogP contribution in [0.3, 0.4) is 0 Å².